The van der Waals surface area contributed by atoms with Gasteiger partial charge in [0, 0.05) is 19.3 Å². The zero-order chi connectivity index (χ0) is 80.8. The van der Waals surface area contributed by atoms with E-state index >= 15 is 0 Å². The molecule has 0 aliphatic heterocycles. The van der Waals surface area contributed by atoms with E-state index in [0.717, 1.165) is 205 Å². The number of hydrogen-bond acceptors (Lipinski definition) is 14. The second kappa shape index (κ2) is 83.8. The molecule has 0 saturated heterocycles. The number of phosphoric acid groups is 2. The fraction of sp³-hybridized carbons (Fsp3) is 0.624. The summed E-state index contributed by atoms with van der Waals surface area (Å²) in [5, 5.41) is 20.7. The Labute approximate surface area is 674 Å². The number of aliphatic hydroxyl groups is 2. The first-order valence-corrected chi connectivity index (χ1v) is 45.7. The molecule has 16 nitrogen and oxygen atoms in total. The highest BCUT2D eigenvalue weighted by atomic mass is 31.2. The Hall–Kier alpha value is -5.61. The topological polar surface area (TPSA) is 231 Å². The molecule has 0 heterocycles. The molecule has 0 aromatic heterocycles. The van der Waals surface area contributed by atoms with Crippen molar-refractivity contribution < 1.29 is 75.8 Å². The van der Waals surface area contributed by atoms with Crippen molar-refractivity contribution in [2.75, 3.05) is 39.6 Å². The predicted octanol–water partition coefficient (Wildman–Crippen LogP) is 25.9. The molecule has 0 aromatic carbocycles. The van der Waals surface area contributed by atoms with Gasteiger partial charge in [0.2, 0.25) is 0 Å². The SMILES string of the molecule is CC/C=C\C/C=C\C/C=C\C/C=C\C/C=C\C/C=C\CCCCCCCCCCCCCCC(=O)OCC(O)COP(=O)(O)OCC(O)COP(=O)(O)OCC(COC(=O)CCCCCCCCC/C=C\C/C=C\C/C=C\C/C=C\C/C=C\CC)OC(=O)CCCCCCC/C=C\C/C=C\C/C=C\C/C=C\C/C=C\CC. The van der Waals surface area contributed by atoms with Gasteiger partial charge in [0.25, 0.3) is 0 Å². The summed E-state index contributed by atoms with van der Waals surface area (Å²) in [7, 11) is -9.82. The van der Waals surface area contributed by atoms with Gasteiger partial charge in [0.05, 0.1) is 26.4 Å². The maximum atomic E-state index is 13.0. The van der Waals surface area contributed by atoms with Gasteiger partial charge in [0.15, 0.2) is 6.10 Å². The molecule has 5 unspecified atom stereocenters. The molecular weight excluding hydrogens is 1430 g/mol. The summed E-state index contributed by atoms with van der Waals surface area (Å²) in [5.41, 5.74) is 0. The van der Waals surface area contributed by atoms with E-state index in [4.69, 9.17) is 32.3 Å². The summed E-state index contributed by atoms with van der Waals surface area (Å²) in [5.74, 6) is -1.62. The van der Waals surface area contributed by atoms with E-state index in [0.29, 0.717) is 19.3 Å². The molecule has 0 radical (unpaired) electrons. The van der Waals surface area contributed by atoms with Gasteiger partial charge >= 0.3 is 33.6 Å². The molecule has 0 rings (SSSR count). The molecule has 4 N–H and O–H groups in total. The Balaban J connectivity index is 4.64. The molecule has 0 spiro atoms. The van der Waals surface area contributed by atoms with Crippen LogP contribution in [0, 0.1) is 0 Å². The Morgan fingerprint density at radius 3 is 0.712 bits per heavy atom. The molecule has 630 valence electrons. The lowest BCUT2D eigenvalue weighted by molar-refractivity contribution is -0.161. The van der Waals surface area contributed by atoms with Gasteiger partial charge in [0.1, 0.15) is 25.4 Å². The second-order valence-electron chi connectivity index (χ2n) is 27.8. The van der Waals surface area contributed by atoms with Crippen molar-refractivity contribution in [1.29, 1.82) is 0 Å². The monoisotopic (exact) mass is 1590 g/mol. The minimum absolute atomic E-state index is 0.0726. The number of phosphoric ester groups is 2. The molecule has 111 heavy (non-hydrogen) atoms. The average molecular weight is 1590 g/mol. The molecule has 0 bridgehead atoms. The fourth-order valence-corrected chi connectivity index (χ4v) is 12.5. The van der Waals surface area contributed by atoms with Crippen LogP contribution < -0.4 is 0 Å². The van der Waals surface area contributed by atoms with Crippen molar-refractivity contribution in [3.63, 3.8) is 0 Å². The number of carbonyl (C=O) groups is 3. The summed E-state index contributed by atoms with van der Waals surface area (Å²) >= 11 is 0. The summed E-state index contributed by atoms with van der Waals surface area (Å²) in [6, 6.07) is 0. The molecule has 0 aliphatic carbocycles. The molecule has 18 heteroatoms. The van der Waals surface area contributed by atoms with E-state index in [9.17, 15) is 43.5 Å². The van der Waals surface area contributed by atoms with E-state index in [-0.39, 0.29) is 19.3 Å². The fourth-order valence-electron chi connectivity index (χ4n) is 10.9. The summed E-state index contributed by atoms with van der Waals surface area (Å²) in [6.07, 6.45) is 110. The number of allylic oxidation sites excluding steroid dienone is 32. The highest BCUT2D eigenvalue weighted by Gasteiger charge is 2.29. The largest absolute Gasteiger partial charge is 0.472 e. The zero-order valence-electron chi connectivity index (χ0n) is 69.1. The van der Waals surface area contributed by atoms with Crippen molar-refractivity contribution in [1.82, 2.24) is 0 Å². The van der Waals surface area contributed by atoms with Crippen LogP contribution in [0.2, 0.25) is 0 Å². The smallest absolute Gasteiger partial charge is 0.463 e. The number of esters is 3. The lowest BCUT2D eigenvalue weighted by atomic mass is 10.0. The number of hydrogen-bond donors (Lipinski definition) is 4. The Morgan fingerprint density at radius 1 is 0.252 bits per heavy atom. The number of unbranched alkanes of at least 4 members (excludes halogenated alkanes) is 24. The van der Waals surface area contributed by atoms with Crippen LogP contribution in [0.5, 0.6) is 0 Å². The van der Waals surface area contributed by atoms with Crippen molar-refractivity contribution in [2.45, 2.75) is 334 Å². The van der Waals surface area contributed by atoms with Gasteiger partial charge in [-0.25, -0.2) is 9.13 Å². The number of rotatable bonds is 79. The number of carbonyl (C=O) groups excluding carboxylic acids is 3. The third kappa shape index (κ3) is 85.1. The third-order valence-corrected chi connectivity index (χ3v) is 19.2. The molecule has 0 fully saturated rings. The van der Waals surface area contributed by atoms with Crippen LogP contribution in [0.3, 0.4) is 0 Å². The van der Waals surface area contributed by atoms with Gasteiger partial charge in [-0.05, 0) is 161 Å². The summed E-state index contributed by atoms with van der Waals surface area (Å²) in [6.45, 7) is 2.30. The molecule has 0 amide bonds. The average Bonchev–Trinajstić information content (AvgIpc) is 0.900. The minimum Gasteiger partial charge on any atom is -0.463 e. The van der Waals surface area contributed by atoms with Crippen LogP contribution in [0.1, 0.15) is 316 Å². The van der Waals surface area contributed by atoms with Gasteiger partial charge in [-0.1, -0.05) is 331 Å². The number of aliphatic hydroxyl groups excluding tert-OH is 2. The quantitative estimate of drug-likeness (QED) is 0.0146. The normalized spacial score (nSPS) is 14.8. The highest BCUT2D eigenvalue weighted by molar-refractivity contribution is 7.47. The molecule has 0 aromatic rings. The van der Waals surface area contributed by atoms with E-state index in [1.165, 1.54) is 51.4 Å². The van der Waals surface area contributed by atoms with Gasteiger partial charge in [-0.3, -0.25) is 32.5 Å². The molecule has 0 saturated carbocycles. The van der Waals surface area contributed by atoms with Crippen molar-refractivity contribution in [2.24, 2.45) is 0 Å². The maximum Gasteiger partial charge on any atom is 0.472 e. The van der Waals surface area contributed by atoms with Gasteiger partial charge in [-0.2, -0.15) is 0 Å². The van der Waals surface area contributed by atoms with Crippen LogP contribution in [-0.4, -0.2) is 95.9 Å². The summed E-state index contributed by atoms with van der Waals surface area (Å²) < 4.78 is 61.3. The van der Waals surface area contributed by atoms with Gasteiger partial charge in [-0.15, -0.1) is 0 Å². The van der Waals surface area contributed by atoms with Crippen molar-refractivity contribution in [3.05, 3.63) is 194 Å². The van der Waals surface area contributed by atoms with E-state index in [1.54, 1.807) is 0 Å². The molecular formula is C93H152O16P2. The third-order valence-electron chi connectivity index (χ3n) is 17.3. The predicted molar refractivity (Wildman–Crippen MR) is 463 cm³/mol. The first kappa shape index (κ1) is 105. The summed E-state index contributed by atoms with van der Waals surface area (Å²) in [4.78, 5) is 58.9. The van der Waals surface area contributed by atoms with Crippen LogP contribution in [0.15, 0.2) is 194 Å². The first-order chi connectivity index (χ1) is 54.2. The molecule has 5 atom stereocenters. The van der Waals surface area contributed by atoms with E-state index < -0.39 is 91.5 Å². The Kier molecular flexibility index (Phi) is 79.6. The maximum absolute atomic E-state index is 13.0. The zero-order valence-corrected chi connectivity index (χ0v) is 70.8. The van der Waals surface area contributed by atoms with Crippen molar-refractivity contribution in [3.8, 4) is 0 Å². The highest BCUT2D eigenvalue weighted by Crippen LogP contribution is 2.45. The van der Waals surface area contributed by atoms with Crippen LogP contribution in [0.4, 0.5) is 0 Å². The van der Waals surface area contributed by atoms with Crippen LogP contribution in [-0.2, 0) is 55.8 Å². The lowest BCUT2D eigenvalue weighted by Crippen LogP contribution is -2.30. The van der Waals surface area contributed by atoms with Crippen LogP contribution in [0.25, 0.3) is 0 Å². The van der Waals surface area contributed by atoms with Crippen LogP contribution >= 0.6 is 15.6 Å². The number of ether oxygens (including phenoxy) is 3. The van der Waals surface area contributed by atoms with Crippen molar-refractivity contribution >= 4 is 33.6 Å². The molecule has 0 aliphatic rings. The first-order valence-electron chi connectivity index (χ1n) is 42.7. The van der Waals surface area contributed by atoms with E-state index in [1.807, 2.05) is 0 Å². The van der Waals surface area contributed by atoms with Gasteiger partial charge < -0.3 is 34.2 Å². The standard InChI is InChI=1S/C93H152O16P2/c1-4-7-10-13-16-19-22-25-28-31-34-37-39-40-41-42-43-44-45-46-48-51-52-55-58-61-64-67-70-73-76-79-91(96)103-82-88(94)83-105-110(99,100)106-84-89(95)85-107-111(101,102)108-87-90(109-93(98)81-78-75-72-69-66-63-60-57-54-49-36-33-30-27-24-21-18-15-12-9-6-3)86-104-92(97)80-77-74-71-68-65-62-59-56-53-50-47-38-35-32-29-26-23-20-17-14-11-8-5-2/h7-12,16-21,25-30,34-38,40-41,43-44,49-50,53,57,60,88-90,94-95H,4-6,13-15,22-24,31-33,39,42,45-48,51-52,54-56,58-59,61-87H2,1-3H3,(H,99,100)(H,101,102)/b10-7-,11-8-,12-9-,19-16-,20-17-,21-18-,28-25-,29-26-,30-27-,37-34-,38-35-,41-40-,44-43-,49-36-,53-50-,60-57-. The lowest BCUT2D eigenvalue weighted by Gasteiger charge is -2.21. The Morgan fingerprint density at radius 2 is 0.450 bits per heavy atom. The second-order valence-corrected chi connectivity index (χ2v) is 30.7. The van der Waals surface area contributed by atoms with E-state index in [2.05, 4.69) is 215 Å². The minimum atomic E-state index is -4.95. The Bertz CT molecular complexity index is 2800.